The summed E-state index contributed by atoms with van der Waals surface area (Å²) in [5.74, 6) is -0.694. The van der Waals surface area contributed by atoms with Gasteiger partial charge in [0.15, 0.2) is 0 Å². The van der Waals surface area contributed by atoms with Crippen molar-refractivity contribution in [2.24, 2.45) is 0 Å². The van der Waals surface area contributed by atoms with E-state index in [0.29, 0.717) is 5.56 Å². The molecule has 1 rings (SSSR count). The molecule has 0 aliphatic carbocycles. The van der Waals surface area contributed by atoms with Crippen molar-refractivity contribution in [1.82, 2.24) is 4.90 Å². The van der Waals surface area contributed by atoms with E-state index in [1.165, 1.54) is 19.1 Å². The zero-order chi connectivity index (χ0) is 15.3. The molecule has 0 spiro atoms. The lowest BCUT2D eigenvalue weighted by atomic mass is 10.1. The van der Waals surface area contributed by atoms with Gasteiger partial charge in [-0.3, -0.25) is 14.9 Å². The molecule has 20 heavy (non-hydrogen) atoms. The Hall–Kier alpha value is -1.76. The molecule has 8 heteroatoms. The van der Waals surface area contributed by atoms with E-state index in [9.17, 15) is 23.7 Å². The molecule has 1 aromatic carbocycles. The Kier molecular flexibility index (Phi) is 5.82. The highest BCUT2D eigenvalue weighted by atomic mass is 35.5. The lowest BCUT2D eigenvalue weighted by Gasteiger charge is -2.21. The van der Waals surface area contributed by atoms with Gasteiger partial charge in [0.1, 0.15) is 0 Å². The molecule has 0 atom stereocenters. The van der Waals surface area contributed by atoms with Crippen molar-refractivity contribution in [2.45, 2.75) is 13.3 Å². The minimum absolute atomic E-state index is 0.00636. The minimum atomic E-state index is -2.69. The number of carbonyl (C=O) groups is 1. The van der Waals surface area contributed by atoms with E-state index in [2.05, 4.69) is 0 Å². The molecule has 0 aliphatic rings. The summed E-state index contributed by atoms with van der Waals surface area (Å²) in [6.07, 6.45) is -2.69. The van der Waals surface area contributed by atoms with E-state index in [1.807, 2.05) is 0 Å². The SMILES string of the molecule is Cc1ccc(C(=O)N(CCCl)CC(F)F)cc1[N+](=O)[O-]. The molecule has 0 bridgehead atoms. The summed E-state index contributed by atoms with van der Waals surface area (Å²) in [5, 5.41) is 10.8. The van der Waals surface area contributed by atoms with Crippen LogP contribution in [0.1, 0.15) is 15.9 Å². The van der Waals surface area contributed by atoms with Gasteiger partial charge in [-0.15, -0.1) is 11.6 Å². The number of carbonyl (C=O) groups excluding carboxylic acids is 1. The van der Waals surface area contributed by atoms with Gasteiger partial charge < -0.3 is 4.90 Å². The Morgan fingerprint density at radius 2 is 2.15 bits per heavy atom. The van der Waals surface area contributed by atoms with E-state index in [1.54, 1.807) is 0 Å². The highest BCUT2D eigenvalue weighted by Gasteiger charge is 2.22. The predicted octanol–water partition coefficient (Wildman–Crippen LogP) is 2.85. The van der Waals surface area contributed by atoms with Crippen LogP contribution in [-0.4, -0.2) is 41.1 Å². The van der Waals surface area contributed by atoms with Gasteiger partial charge in [-0.2, -0.15) is 0 Å². The Morgan fingerprint density at radius 3 is 2.65 bits per heavy atom. The zero-order valence-corrected chi connectivity index (χ0v) is 11.4. The summed E-state index contributed by atoms with van der Waals surface area (Å²) in [4.78, 5) is 23.1. The molecule has 0 fully saturated rings. The highest BCUT2D eigenvalue weighted by molar-refractivity contribution is 6.18. The quantitative estimate of drug-likeness (QED) is 0.461. The van der Waals surface area contributed by atoms with Crippen LogP contribution in [0.25, 0.3) is 0 Å². The number of hydrogen-bond donors (Lipinski definition) is 0. The van der Waals surface area contributed by atoms with E-state index < -0.39 is 23.8 Å². The first-order valence-electron chi connectivity index (χ1n) is 5.75. The van der Waals surface area contributed by atoms with Crippen LogP contribution in [0.3, 0.4) is 0 Å². The fraction of sp³-hybridized carbons (Fsp3) is 0.417. The molecule has 110 valence electrons. The molecule has 0 heterocycles. The molecule has 1 amide bonds. The summed E-state index contributed by atoms with van der Waals surface area (Å²) in [6, 6.07) is 3.87. The third-order valence-electron chi connectivity index (χ3n) is 2.65. The van der Waals surface area contributed by atoms with E-state index >= 15 is 0 Å². The lowest BCUT2D eigenvalue weighted by Crippen LogP contribution is -2.36. The molecule has 0 saturated carbocycles. The average Bonchev–Trinajstić information content (AvgIpc) is 2.37. The highest BCUT2D eigenvalue weighted by Crippen LogP contribution is 2.20. The van der Waals surface area contributed by atoms with Crippen LogP contribution in [0, 0.1) is 17.0 Å². The predicted molar refractivity (Wildman–Crippen MR) is 70.5 cm³/mol. The van der Waals surface area contributed by atoms with E-state index in [4.69, 9.17) is 11.6 Å². The van der Waals surface area contributed by atoms with Gasteiger partial charge in [0, 0.05) is 29.6 Å². The maximum atomic E-state index is 12.4. The molecule has 0 aromatic heterocycles. The first-order valence-corrected chi connectivity index (χ1v) is 6.28. The van der Waals surface area contributed by atoms with Crippen LogP contribution in [0.4, 0.5) is 14.5 Å². The summed E-state index contributed by atoms with van der Waals surface area (Å²) in [7, 11) is 0. The maximum Gasteiger partial charge on any atom is 0.273 e. The molecule has 0 radical (unpaired) electrons. The summed E-state index contributed by atoms with van der Waals surface area (Å²) < 4.78 is 24.8. The molecule has 0 unspecified atom stereocenters. The van der Waals surface area contributed by atoms with Crippen LogP contribution < -0.4 is 0 Å². The molecule has 0 N–H and O–H groups in total. The Bertz CT molecular complexity index is 511. The number of nitrogens with zero attached hydrogens (tertiary/aromatic N) is 2. The normalized spacial score (nSPS) is 10.7. The van der Waals surface area contributed by atoms with Crippen LogP contribution in [0.5, 0.6) is 0 Å². The number of rotatable bonds is 6. The largest absolute Gasteiger partial charge is 0.332 e. The number of aryl methyl sites for hydroxylation is 1. The fourth-order valence-corrected chi connectivity index (χ4v) is 1.87. The van der Waals surface area contributed by atoms with Crippen molar-refractivity contribution in [2.75, 3.05) is 19.0 Å². The second-order valence-corrected chi connectivity index (χ2v) is 4.47. The van der Waals surface area contributed by atoms with Crippen LogP contribution in [0.2, 0.25) is 0 Å². The minimum Gasteiger partial charge on any atom is -0.332 e. The zero-order valence-electron chi connectivity index (χ0n) is 10.7. The molecule has 1 aromatic rings. The van der Waals surface area contributed by atoms with Gasteiger partial charge in [-0.1, -0.05) is 6.07 Å². The van der Waals surface area contributed by atoms with E-state index in [-0.39, 0.29) is 23.7 Å². The van der Waals surface area contributed by atoms with E-state index in [0.717, 1.165) is 11.0 Å². The van der Waals surface area contributed by atoms with Gasteiger partial charge in [-0.25, -0.2) is 8.78 Å². The number of benzene rings is 1. The summed E-state index contributed by atoms with van der Waals surface area (Å²) in [6.45, 7) is 0.724. The number of nitro benzene ring substituents is 1. The molecule has 0 aliphatic heterocycles. The van der Waals surface area contributed by atoms with Crippen molar-refractivity contribution < 1.29 is 18.5 Å². The Labute approximate surface area is 119 Å². The van der Waals surface area contributed by atoms with Crippen LogP contribution >= 0.6 is 11.6 Å². The first kappa shape index (κ1) is 16.3. The van der Waals surface area contributed by atoms with Gasteiger partial charge in [0.2, 0.25) is 0 Å². The standard InChI is InChI=1S/C12H13ClF2N2O3/c1-8-2-3-9(6-10(8)17(19)20)12(18)16(5-4-13)7-11(14)15/h2-3,6,11H,4-5,7H2,1H3. The summed E-state index contributed by atoms with van der Waals surface area (Å²) >= 11 is 5.47. The average molecular weight is 307 g/mol. The van der Waals surface area contributed by atoms with Crippen molar-refractivity contribution in [3.63, 3.8) is 0 Å². The van der Waals surface area contributed by atoms with Crippen molar-refractivity contribution in [3.8, 4) is 0 Å². The number of halogens is 3. The van der Waals surface area contributed by atoms with Gasteiger partial charge >= 0.3 is 0 Å². The number of alkyl halides is 3. The van der Waals surface area contributed by atoms with Gasteiger partial charge in [0.05, 0.1) is 11.5 Å². The molecular formula is C12H13ClF2N2O3. The second-order valence-electron chi connectivity index (χ2n) is 4.09. The molecule has 5 nitrogen and oxygen atoms in total. The topological polar surface area (TPSA) is 63.5 Å². The van der Waals surface area contributed by atoms with Crippen molar-refractivity contribution in [3.05, 3.63) is 39.4 Å². The molecular weight excluding hydrogens is 294 g/mol. The first-order chi connectivity index (χ1) is 9.36. The van der Waals surface area contributed by atoms with Crippen molar-refractivity contribution >= 4 is 23.2 Å². The number of amides is 1. The smallest absolute Gasteiger partial charge is 0.273 e. The monoisotopic (exact) mass is 306 g/mol. The third-order valence-corrected chi connectivity index (χ3v) is 2.82. The molecule has 0 saturated heterocycles. The second kappa shape index (κ2) is 7.14. The van der Waals surface area contributed by atoms with Gasteiger partial charge in [-0.05, 0) is 13.0 Å². The Morgan fingerprint density at radius 1 is 1.50 bits per heavy atom. The third kappa shape index (κ3) is 4.12. The van der Waals surface area contributed by atoms with Gasteiger partial charge in [0.25, 0.3) is 18.0 Å². The lowest BCUT2D eigenvalue weighted by molar-refractivity contribution is -0.385. The summed E-state index contributed by atoms with van der Waals surface area (Å²) in [5.41, 5.74) is 0.163. The maximum absolute atomic E-state index is 12.4. The number of nitro groups is 1. The fourth-order valence-electron chi connectivity index (χ4n) is 1.67. The van der Waals surface area contributed by atoms with Crippen LogP contribution in [0.15, 0.2) is 18.2 Å². The number of hydrogen-bond acceptors (Lipinski definition) is 3. The Balaban J connectivity index is 3.05. The van der Waals surface area contributed by atoms with Crippen molar-refractivity contribution in [1.29, 1.82) is 0 Å². The van der Waals surface area contributed by atoms with Crippen LogP contribution in [-0.2, 0) is 0 Å².